The highest BCUT2D eigenvalue weighted by Gasteiger charge is 2.46. The Morgan fingerprint density at radius 3 is 2.65 bits per heavy atom. The molecule has 34 heavy (non-hydrogen) atoms. The van der Waals surface area contributed by atoms with E-state index in [1.54, 1.807) is 26.8 Å². The van der Waals surface area contributed by atoms with Gasteiger partial charge in [0.05, 0.1) is 17.0 Å². The van der Waals surface area contributed by atoms with Crippen molar-refractivity contribution in [1.29, 1.82) is 0 Å². The van der Waals surface area contributed by atoms with Crippen molar-refractivity contribution in [2.24, 2.45) is 17.3 Å². The third-order valence-electron chi connectivity index (χ3n) is 8.10. The van der Waals surface area contributed by atoms with E-state index < -0.39 is 26.8 Å². The number of fused-ring (bicyclic) bond motifs is 1. The maximum atomic E-state index is 12.6. The van der Waals surface area contributed by atoms with Gasteiger partial charge in [0.25, 0.3) is 0 Å². The molecule has 0 radical (unpaired) electrons. The molecule has 2 saturated carbocycles. The van der Waals surface area contributed by atoms with Gasteiger partial charge in [-0.15, -0.1) is 0 Å². The Morgan fingerprint density at radius 2 is 2.00 bits per heavy atom. The summed E-state index contributed by atoms with van der Waals surface area (Å²) in [7, 11) is -3.52. The van der Waals surface area contributed by atoms with Crippen molar-refractivity contribution in [2.45, 2.75) is 96.5 Å². The average Bonchev–Trinajstić information content (AvgIpc) is 3.09. The monoisotopic (exact) mass is 508 g/mol. The van der Waals surface area contributed by atoms with Gasteiger partial charge in [0, 0.05) is 6.42 Å². The van der Waals surface area contributed by atoms with Gasteiger partial charge in [0.1, 0.15) is 4.36 Å². The molecule has 4 nitrogen and oxygen atoms in total. The molecule has 0 aromatic rings. The fraction of sp³-hybridized carbons (Fsp3) is 0.643. The van der Waals surface area contributed by atoms with Crippen molar-refractivity contribution >= 4 is 21.4 Å². The molecule has 0 amide bonds. The lowest BCUT2D eigenvalue weighted by molar-refractivity contribution is 0.0862. The largest absolute Gasteiger partial charge is 0.393 e. The van der Waals surface area contributed by atoms with Crippen LogP contribution in [-0.2, 0) is 9.84 Å². The summed E-state index contributed by atoms with van der Waals surface area (Å²) in [6.45, 7) is 13.5. The van der Waals surface area contributed by atoms with E-state index in [1.807, 2.05) is 0 Å². The molecule has 0 aromatic heterocycles. The zero-order valence-corrected chi connectivity index (χ0v) is 22.8. The number of halogens is 1. The second kappa shape index (κ2) is 10.1. The third kappa shape index (κ3) is 5.33. The summed E-state index contributed by atoms with van der Waals surface area (Å²) in [5, 5.41) is 20.2. The summed E-state index contributed by atoms with van der Waals surface area (Å²) < 4.78 is 24.3. The van der Waals surface area contributed by atoms with Crippen LogP contribution >= 0.6 is 11.6 Å². The fourth-order valence-electron chi connectivity index (χ4n) is 5.88. The van der Waals surface area contributed by atoms with Crippen molar-refractivity contribution in [3.63, 3.8) is 0 Å². The number of rotatable bonds is 5. The van der Waals surface area contributed by atoms with Gasteiger partial charge in [0.2, 0.25) is 0 Å². The van der Waals surface area contributed by atoms with Crippen LogP contribution in [0.4, 0.5) is 0 Å². The summed E-state index contributed by atoms with van der Waals surface area (Å²) in [6.07, 6.45) is 12.8. The van der Waals surface area contributed by atoms with Crippen LogP contribution in [0.25, 0.3) is 0 Å². The highest BCUT2D eigenvalue weighted by molar-refractivity contribution is 7.98. The Labute approximate surface area is 211 Å². The summed E-state index contributed by atoms with van der Waals surface area (Å²) in [4.78, 5) is 0. The van der Waals surface area contributed by atoms with Crippen LogP contribution in [0.3, 0.4) is 0 Å². The summed E-state index contributed by atoms with van der Waals surface area (Å²) in [5.74, 6) is 0.625. The van der Waals surface area contributed by atoms with Crippen LogP contribution in [0, 0.1) is 17.3 Å². The second-order valence-electron chi connectivity index (χ2n) is 11.5. The zero-order valence-electron chi connectivity index (χ0n) is 21.3. The first-order chi connectivity index (χ1) is 15.7. The number of sulfone groups is 1. The van der Waals surface area contributed by atoms with Gasteiger partial charge < -0.3 is 10.2 Å². The van der Waals surface area contributed by atoms with Crippen LogP contribution in [-0.4, -0.2) is 35.6 Å². The third-order valence-corrected chi connectivity index (χ3v) is 11.2. The molecule has 0 bridgehead atoms. The molecule has 2 N–H and O–H groups in total. The van der Waals surface area contributed by atoms with Gasteiger partial charge in [-0.3, -0.25) is 0 Å². The average molecular weight is 509 g/mol. The molecule has 0 saturated heterocycles. The lowest BCUT2D eigenvalue weighted by atomic mass is 9.62. The van der Waals surface area contributed by atoms with Crippen molar-refractivity contribution in [2.75, 3.05) is 0 Å². The molecule has 0 unspecified atom stereocenters. The minimum absolute atomic E-state index is 0.0494. The molecule has 0 spiro atoms. The van der Waals surface area contributed by atoms with E-state index in [2.05, 4.69) is 38.7 Å². The van der Waals surface area contributed by atoms with E-state index in [9.17, 15) is 18.6 Å². The molecular weight excluding hydrogens is 468 g/mol. The van der Waals surface area contributed by atoms with Gasteiger partial charge in [-0.1, -0.05) is 67.5 Å². The summed E-state index contributed by atoms with van der Waals surface area (Å²) in [6, 6.07) is 0. The molecule has 0 heterocycles. The van der Waals surface area contributed by atoms with Gasteiger partial charge in [-0.05, 0) is 87.7 Å². The predicted octanol–water partition coefficient (Wildman–Crippen LogP) is 6.37. The summed E-state index contributed by atoms with van der Waals surface area (Å²) in [5.41, 5.74) is 4.51. The molecule has 2 fully saturated rings. The first-order valence-corrected chi connectivity index (χ1v) is 14.3. The van der Waals surface area contributed by atoms with E-state index in [1.165, 1.54) is 11.1 Å². The number of allylic oxidation sites excluding steroid dienone is 6. The number of aliphatic hydroxyl groups is 2. The lowest BCUT2D eigenvalue weighted by Gasteiger charge is -2.42. The molecule has 3 aliphatic rings. The standard InChI is InChI=1S/C28H41ClO4S/c1-18(9-14-26(29)34(32,33)27(3,4)5)23-12-13-24-20(8-7-15-28(23,24)6)10-11-21-16-22(30)17-25(31)19(21)2/h10-12,14,18,22,24-25,30-31H,2,7-9,13,15-17H2,1,3-6H3/b20-10+,21-11-,26-14+/t18-,22-,24+,25+,28-/m1/s1. The van der Waals surface area contributed by atoms with E-state index in [0.29, 0.717) is 30.8 Å². The van der Waals surface area contributed by atoms with Crippen LogP contribution < -0.4 is 0 Å². The maximum Gasteiger partial charge on any atom is 0.193 e. The smallest absolute Gasteiger partial charge is 0.193 e. The minimum Gasteiger partial charge on any atom is -0.393 e. The fourth-order valence-corrected chi connectivity index (χ4v) is 7.56. The predicted molar refractivity (Wildman–Crippen MR) is 141 cm³/mol. The van der Waals surface area contributed by atoms with Crippen LogP contribution in [0.15, 0.2) is 57.5 Å². The number of aliphatic hydroxyl groups excluding tert-OH is 2. The summed E-state index contributed by atoms with van der Waals surface area (Å²) >= 11 is 6.25. The SMILES string of the molecule is C=C1/C(=C\C=C2/CCC[C@]3(C)C([C@H](C)C/C=C(\Cl)S(=O)(=O)C(C)(C)C)=CC[C@@H]23)C[C@@H](O)C[C@@H]1O. The normalized spacial score (nSPS) is 34.4. The molecule has 3 rings (SSSR count). The Hall–Kier alpha value is -1.14. The first-order valence-electron chi connectivity index (χ1n) is 12.4. The van der Waals surface area contributed by atoms with Gasteiger partial charge in [-0.2, -0.15) is 0 Å². The van der Waals surface area contributed by atoms with Gasteiger partial charge in [-0.25, -0.2) is 8.42 Å². The maximum absolute atomic E-state index is 12.6. The van der Waals surface area contributed by atoms with E-state index in [0.717, 1.165) is 31.3 Å². The Balaban J connectivity index is 1.77. The van der Waals surface area contributed by atoms with E-state index >= 15 is 0 Å². The minimum atomic E-state index is -3.52. The molecule has 190 valence electrons. The van der Waals surface area contributed by atoms with Crippen molar-refractivity contribution in [3.05, 3.63) is 57.5 Å². The number of hydrogen-bond donors (Lipinski definition) is 2. The van der Waals surface area contributed by atoms with E-state index in [-0.39, 0.29) is 15.7 Å². The van der Waals surface area contributed by atoms with Crippen molar-refractivity contribution in [3.8, 4) is 0 Å². The topological polar surface area (TPSA) is 74.6 Å². The lowest BCUT2D eigenvalue weighted by Crippen LogP contribution is -2.32. The Morgan fingerprint density at radius 1 is 1.32 bits per heavy atom. The molecule has 3 aliphatic carbocycles. The molecule has 6 heteroatoms. The van der Waals surface area contributed by atoms with Gasteiger partial charge >= 0.3 is 0 Å². The molecular formula is C28H41ClO4S. The van der Waals surface area contributed by atoms with Crippen LogP contribution in [0.5, 0.6) is 0 Å². The van der Waals surface area contributed by atoms with Crippen molar-refractivity contribution in [1.82, 2.24) is 0 Å². The zero-order chi connectivity index (χ0) is 25.5. The molecule has 0 aromatic carbocycles. The molecule has 0 aliphatic heterocycles. The second-order valence-corrected chi connectivity index (χ2v) is 14.9. The van der Waals surface area contributed by atoms with Gasteiger partial charge in [0.15, 0.2) is 9.84 Å². The Bertz CT molecular complexity index is 1040. The number of hydrogen-bond acceptors (Lipinski definition) is 4. The van der Waals surface area contributed by atoms with Crippen molar-refractivity contribution < 1.29 is 18.6 Å². The Kier molecular flexibility index (Phi) is 8.14. The quantitative estimate of drug-likeness (QED) is 0.423. The van der Waals surface area contributed by atoms with E-state index in [4.69, 9.17) is 11.6 Å². The van der Waals surface area contributed by atoms with Crippen LogP contribution in [0.1, 0.15) is 79.6 Å². The first kappa shape index (κ1) is 27.4. The van der Waals surface area contributed by atoms with Crippen LogP contribution in [0.2, 0.25) is 0 Å². The highest BCUT2D eigenvalue weighted by atomic mass is 35.5. The molecule has 5 atom stereocenters. The highest BCUT2D eigenvalue weighted by Crippen LogP contribution is 2.57.